The molecule has 2 aromatic carbocycles. The molecule has 2 atom stereocenters. The van der Waals surface area contributed by atoms with Gasteiger partial charge in [-0.05, 0) is 74.2 Å². The second-order valence-corrected chi connectivity index (χ2v) is 14.6. The Morgan fingerprint density at radius 2 is 1.89 bits per heavy atom. The van der Waals surface area contributed by atoms with Gasteiger partial charge in [-0.1, -0.05) is 13.0 Å². The van der Waals surface area contributed by atoms with E-state index in [1.165, 1.54) is 17.0 Å². The molecule has 2 unspecified atom stereocenters. The van der Waals surface area contributed by atoms with E-state index in [2.05, 4.69) is 4.90 Å². The smallest absolute Gasteiger partial charge is 0.318 e. The monoisotopic (exact) mass is 748 g/mol. The van der Waals surface area contributed by atoms with E-state index in [4.69, 9.17) is 25.4 Å². The Labute approximate surface area is 312 Å². The number of fused-ring (bicyclic) bond motifs is 3. The summed E-state index contributed by atoms with van der Waals surface area (Å²) in [7, 11) is 0.500. The van der Waals surface area contributed by atoms with Crippen molar-refractivity contribution in [3.05, 3.63) is 58.7 Å². The van der Waals surface area contributed by atoms with Crippen molar-refractivity contribution in [3.8, 4) is 11.8 Å². The summed E-state index contributed by atoms with van der Waals surface area (Å²) >= 11 is 0. The number of carbonyl (C=O) groups is 2. The number of rotatable bonds is 8. The summed E-state index contributed by atoms with van der Waals surface area (Å²) in [4.78, 5) is 49.3. The molecule has 1 aromatic heterocycles. The fourth-order valence-electron chi connectivity index (χ4n) is 8.76. The number of aromatic hydroxyl groups is 1. The minimum absolute atomic E-state index is 0.0358. The number of hydrogen-bond acceptors (Lipinski definition) is 10. The molecule has 0 aliphatic carbocycles. The van der Waals surface area contributed by atoms with Crippen LogP contribution in [0.2, 0.25) is 0 Å². The quantitative estimate of drug-likeness (QED) is 0.310. The second-order valence-electron chi connectivity index (χ2n) is 14.6. The average Bonchev–Trinajstić information content (AvgIpc) is 3.93. The minimum Gasteiger partial charge on any atom is -0.508 e. The first-order valence-electron chi connectivity index (χ1n) is 18.8. The molecule has 0 spiro atoms. The molecule has 3 aromatic rings. The molecule has 288 valence electrons. The van der Waals surface area contributed by atoms with Crippen LogP contribution in [-0.2, 0) is 17.8 Å². The highest BCUT2D eigenvalue weighted by molar-refractivity contribution is 6.17. The summed E-state index contributed by atoms with van der Waals surface area (Å²) in [5.74, 6) is -0.712. The van der Waals surface area contributed by atoms with Crippen molar-refractivity contribution in [2.24, 2.45) is 10.7 Å². The molecular weight excluding hydrogens is 701 g/mol. The molecule has 3 saturated heterocycles. The van der Waals surface area contributed by atoms with Gasteiger partial charge in [-0.3, -0.25) is 23.9 Å². The normalized spacial score (nSPS) is 22.9. The van der Waals surface area contributed by atoms with Gasteiger partial charge in [0.25, 0.3) is 11.8 Å². The van der Waals surface area contributed by atoms with Crippen LogP contribution in [0.25, 0.3) is 10.8 Å². The van der Waals surface area contributed by atoms with E-state index in [0.29, 0.717) is 98.4 Å². The van der Waals surface area contributed by atoms with Crippen LogP contribution < -0.4 is 20.3 Å². The number of nitrogens with zero attached hydrogens (tertiary/aromatic N) is 7. The number of benzene rings is 2. The zero-order valence-electron chi connectivity index (χ0n) is 30.8. The molecular formula is C39H47F3N8O4. The van der Waals surface area contributed by atoms with Crippen LogP contribution in [0.5, 0.6) is 11.8 Å². The summed E-state index contributed by atoms with van der Waals surface area (Å²) < 4.78 is 45.6. The molecule has 5 aliphatic rings. The summed E-state index contributed by atoms with van der Waals surface area (Å²) in [6, 6.07) is 6.09. The van der Waals surface area contributed by atoms with Crippen molar-refractivity contribution in [3.63, 3.8) is 0 Å². The second kappa shape index (κ2) is 15.4. The van der Waals surface area contributed by atoms with Crippen LogP contribution in [0.4, 0.5) is 24.7 Å². The van der Waals surface area contributed by atoms with Crippen molar-refractivity contribution < 1.29 is 32.6 Å². The Morgan fingerprint density at radius 3 is 2.67 bits per heavy atom. The van der Waals surface area contributed by atoms with Gasteiger partial charge in [-0.2, -0.15) is 9.97 Å². The van der Waals surface area contributed by atoms with Crippen LogP contribution >= 0.6 is 0 Å². The number of anilines is 2. The van der Waals surface area contributed by atoms with Crippen molar-refractivity contribution in [2.45, 2.75) is 70.1 Å². The molecule has 8 rings (SSSR count). The first kappa shape index (κ1) is 37.4. The number of alkyl halides is 2. The number of hydrogen-bond donors (Lipinski definition) is 2. The van der Waals surface area contributed by atoms with Crippen LogP contribution in [0, 0.1) is 5.82 Å². The highest BCUT2D eigenvalue weighted by atomic mass is 19.1. The fourth-order valence-corrected chi connectivity index (χ4v) is 8.76. The Balaban J connectivity index is 0.00000221. The van der Waals surface area contributed by atoms with E-state index in [1.807, 2.05) is 11.8 Å². The van der Waals surface area contributed by atoms with Crippen molar-refractivity contribution >= 4 is 39.8 Å². The number of ether oxygens (including phenoxy) is 1. The van der Waals surface area contributed by atoms with Gasteiger partial charge < -0.3 is 30.3 Å². The molecule has 2 amide bonds. The molecule has 15 heteroatoms. The fraction of sp³-hybridized carbons (Fsp3) is 0.513. The number of likely N-dealkylation sites (tertiary alicyclic amines) is 1. The Bertz CT molecular complexity index is 2000. The molecule has 6 heterocycles. The zero-order valence-corrected chi connectivity index (χ0v) is 30.8. The van der Waals surface area contributed by atoms with Crippen LogP contribution in [0.1, 0.15) is 67.1 Å². The lowest BCUT2D eigenvalue weighted by molar-refractivity contribution is -0.126. The van der Waals surface area contributed by atoms with Crippen LogP contribution in [0.15, 0.2) is 41.0 Å². The predicted octanol–water partition coefficient (Wildman–Crippen LogP) is 4.85. The number of nitrogens with two attached hydrogens (primary N) is 1. The average molecular weight is 749 g/mol. The molecule has 54 heavy (non-hydrogen) atoms. The predicted molar refractivity (Wildman–Crippen MR) is 200 cm³/mol. The Hall–Kier alpha value is -4.92. The number of phenolic OH excluding ortho intramolecular Hbond substituents is 1. The number of carbonyl (C=O) groups excluding carboxylic acids is 2. The van der Waals surface area contributed by atoms with Crippen LogP contribution in [0.3, 0.4) is 0 Å². The lowest BCUT2D eigenvalue weighted by atomic mass is 9.95. The topological polar surface area (TPSA) is 141 Å². The Morgan fingerprint density at radius 1 is 1.09 bits per heavy atom. The van der Waals surface area contributed by atoms with E-state index in [0.717, 1.165) is 32.2 Å². The van der Waals surface area contributed by atoms with Gasteiger partial charge in [-0.25, -0.2) is 8.78 Å². The number of aliphatic imine (C=N–C) groups is 1. The van der Waals surface area contributed by atoms with Gasteiger partial charge in [0, 0.05) is 50.6 Å². The lowest BCUT2D eigenvalue weighted by Crippen LogP contribution is -2.43. The summed E-state index contributed by atoms with van der Waals surface area (Å²) in [6.45, 7) is 5.86. The highest BCUT2D eigenvalue weighted by Crippen LogP contribution is 2.43. The maximum atomic E-state index is 15.2. The maximum Gasteiger partial charge on any atom is 0.318 e. The number of halogens is 3. The SMILES string of the molecule is CCc1c(F)ccc2cc(O)cc(N3Cc4nc(OCC56CCCN5CC(F)C6)nc(N5CCCN=C(/C=C(\N)C(=O)N6CCCC6)C5)c4C3=O)c12.CF. The first-order valence-corrected chi connectivity index (χ1v) is 18.8. The molecule has 0 bridgehead atoms. The van der Waals surface area contributed by atoms with Gasteiger partial charge in [0.1, 0.15) is 35.7 Å². The van der Waals surface area contributed by atoms with Crippen molar-refractivity contribution in [1.82, 2.24) is 19.8 Å². The largest absolute Gasteiger partial charge is 0.508 e. The lowest BCUT2D eigenvalue weighted by Gasteiger charge is -2.31. The molecule has 5 aliphatic heterocycles. The first-order chi connectivity index (χ1) is 26.1. The molecule has 3 fully saturated rings. The van der Waals surface area contributed by atoms with Crippen molar-refractivity contribution in [1.29, 1.82) is 0 Å². The molecule has 0 saturated carbocycles. The van der Waals surface area contributed by atoms with Crippen molar-refractivity contribution in [2.75, 3.05) is 69.4 Å². The maximum absolute atomic E-state index is 15.2. The number of phenols is 1. The third kappa shape index (κ3) is 6.93. The summed E-state index contributed by atoms with van der Waals surface area (Å²) in [6.07, 6.45) is 5.77. The molecule has 3 N–H and O–H groups in total. The van der Waals surface area contributed by atoms with E-state index < -0.39 is 23.4 Å². The van der Waals surface area contributed by atoms with E-state index in [-0.39, 0.29) is 48.6 Å². The number of aryl methyl sites for hydroxylation is 1. The van der Waals surface area contributed by atoms with Gasteiger partial charge in [-0.15, -0.1) is 0 Å². The van der Waals surface area contributed by atoms with Crippen LogP contribution in [-0.4, -0.2) is 114 Å². The van der Waals surface area contributed by atoms with Gasteiger partial charge in [0.05, 0.1) is 48.6 Å². The minimum atomic E-state index is -0.922. The number of aromatic nitrogens is 2. The Kier molecular flexibility index (Phi) is 10.7. The zero-order chi connectivity index (χ0) is 38.1. The third-order valence-corrected chi connectivity index (χ3v) is 11.2. The molecule has 12 nitrogen and oxygen atoms in total. The summed E-state index contributed by atoms with van der Waals surface area (Å²) in [5, 5.41) is 11.9. The molecule has 0 radical (unpaired) electrons. The number of amides is 2. The highest BCUT2D eigenvalue weighted by Gasteiger charge is 2.49. The van der Waals surface area contributed by atoms with Gasteiger partial charge >= 0.3 is 6.01 Å². The van der Waals surface area contributed by atoms with Gasteiger partial charge in [0.2, 0.25) is 0 Å². The van der Waals surface area contributed by atoms with E-state index in [1.54, 1.807) is 23.1 Å². The van der Waals surface area contributed by atoms with Gasteiger partial charge in [0.15, 0.2) is 0 Å². The van der Waals surface area contributed by atoms with E-state index in [9.17, 15) is 23.5 Å². The summed E-state index contributed by atoms with van der Waals surface area (Å²) in [5.41, 5.74) is 8.09. The third-order valence-electron chi connectivity index (χ3n) is 11.2. The standard InChI is InChI=1S/C38H44F2N8O4.CH3F/c1-2-27-28(40)8-7-23-15-26(49)17-31(32(23)27)48-21-30-33(36(48)51)34(44-37(43-30)52-22-38-9-5-14-47(38)19-24(39)18-38)46-13-6-10-42-25(20-46)16-29(41)35(50)45-11-3-4-12-45;1-2/h7-8,15-17,24,49H,2-6,9-14,18-22,41H2,1H3;1H3/b29-16-;. The van der Waals surface area contributed by atoms with E-state index >= 15 is 4.39 Å².